The Bertz CT molecular complexity index is 817. The van der Waals surface area contributed by atoms with Gasteiger partial charge in [-0.1, -0.05) is 73.5 Å². The van der Waals surface area contributed by atoms with Gasteiger partial charge in [-0.2, -0.15) is 0 Å². The monoisotopic (exact) mass is 411 g/mol. The SMILES string of the molecule is CCCCOC(=O)C(CCC(=O)c1ccc(C)cc1)NC(=O)OCc1ccccc1. The maximum Gasteiger partial charge on any atom is 0.408 e. The van der Waals surface area contributed by atoms with Crippen LogP contribution < -0.4 is 5.32 Å². The van der Waals surface area contributed by atoms with Gasteiger partial charge in [-0.25, -0.2) is 9.59 Å². The number of alkyl carbamates (subject to hydrolysis) is 1. The standard InChI is InChI=1S/C24H29NO5/c1-3-4-16-29-23(27)21(14-15-22(26)20-12-10-18(2)11-13-20)25-24(28)30-17-19-8-6-5-7-9-19/h5-13,21H,3-4,14-17H2,1-2H3,(H,25,28). The first kappa shape index (κ1) is 23.1. The molecule has 0 fully saturated rings. The van der Waals surface area contributed by atoms with Crippen molar-refractivity contribution in [1.82, 2.24) is 5.32 Å². The summed E-state index contributed by atoms with van der Waals surface area (Å²) in [5.41, 5.74) is 2.47. The van der Waals surface area contributed by atoms with Crippen LogP contribution in [0, 0.1) is 6.92 Å². The van der Waals surface area contributed by atoms with E-state index in [1.165, 1.54) is 0 Å². The van der Waals surface area contributed by atoms with Crippen LogP contribution in [-0.4, -0.2) is 30.5 Å². The molecular formula is C24H29NO5. The van der Waals surface area contributed by atoms with Crippen LogP contribution in [0.25, 0.3) is 0 Å². The van der Waals surface area contributed by atoms with E-state index in [0.717, 1.165) is 24.0 Å². The Morgan fingerprint density at radius 2 is 1.67 bits per heavy atom. The van der Waals surface area contributed by atoms with Crippen LogP contribution >= 0.6 is 0 Å². The van der Waals surface area contributed by atoms with Crippen molar-refractivity contribution in [3.05, 3.63) is 71.3 Å². The van der Waals surface area contributed by atoms with Crippen molar-refractivity contribution in [2.24, 2.45) is 0 Å². The summed E-state index contributed by atoms with van der Waals surface area (Å²) in [5, 5.41) is 2.54. The lowest BCUT2D eigenvalue weighted by molar-refractivity contribution is -0.146. The molecule has 1 N–H and O–H groups in total. The predicted molar refractivity (Wildman–Crippen MR) is 114 cm³/mol. The molecule has 0 aliphatic carbocycles. The Morgan fingerprint density at radius 1 is 0.967 bits per heavy atom. The molecular weight excluding hydrogens is 382 g/mol. The number of unbranched alkanes of at least 4 members (excludes halogenated alkanes) is 1. The minimum Gasteiger partial charge on any atom is -0.464 e. The van der Waals surface area contributed by atoms with Gasteiger partial charge in [0.25, 0.3) is 0 Å². The fraction of sp³-hybridized carbons (Fsp3) is 0.375. The first-order valence-electron chi connectivity index (χ1n) is 10.2. The molecule has 1 unspecified atom stereocenters. The van der Waals surface area contributed by atoms with E-state index in [0.29, 0.717) is 5.56 Å². The smallest absolute Gasteiger partial charge is 0.408 e. The third-order valence-electron chi connectivity index (χ3n) is 4.57. The highest BCUT2D eigenvalue weighted by atomic mass is 16.6. The molecule has 1 atom stereocenters. The summed E-state index contributed by atoms with van der Waals surface area (Å²) in [7, 11) is 0. The van der Waals surface area contributed by atoms with Gasteiger partial charge in [0.2, 0.25) is 0 Å². The van der Waals surface area contributed by atoms with Crippen LogP contribution in [0.4, 0.5) is 4.79 Å². The summed E-state index contributed by atoms with van der Waals surface area (Å²) in [4.78, 5) is 37.0. The minimum atomic E-state index is -0.945. The largest absolute Gasteiger partial charge is 0.464 e. The van der Waals surface area contributed by atoms with Gasteiger partial charge in [-0.15, -0.1) is 0 Å². The average molecular weight is 411 g/mol. The Labute approximate surface area is 177 Å². The van der Waals surface area contributed by atoms with Gasteiger partial charge in [-0.05, 0) is 25.3 Å². The number of ketones is 1. The van der Waals surface area contributed by atoms with E-state index in [1.807, 2.05) is 56.3 Å². The molecule has 6 heteroatoms. The Hall–Kier alpha value is -3.15. The lowest BCUT2D eigenvalue weighted by Crippen LogP contribution is -2.42. The van der Waals surface area contributed by atoms with Crippen molar-refractivity contribution in [2.45, 2.75) is 52.2 Å². The fourth-order valence-electron chi connectivity index (χ4n) is 2.73. The van der Waals surface area contributed by atoms with E-state index < -0.39 is 18.1 Å². The van der Waals surface area contributed by atoms with Crippen molar-refractivity contribution in [3.8, 4) is 0 Å². The highest BCUT2D eigenvalue weighted by molar-refractivity contribution is 5.96. The number of aryl methyl sites for hydroxylation is 1. The van der Waals surface area contributed by atoms with E-state index in [4.69, 9.17) is 9.47 Å². The van der Waals surface area contributed by atoms with Crippen LogP contribution in [0.15, 0.2) is 54.6 Å². The number of esters is 1. The van der Waals surface area contributed by atoms with E-state index in [-0.39, 0.29) is 31.8 Å². The van der Waals surface area contributed by atoms with Gasteiger partial charge >= 0.3 is 12.1 Å². The molecule has 0 bridgehead atoms. The lowest BCUT2D eigenvalue weighted by Gasteiger charge is -2.17. The van der Waals surface area contributed by atoms with Crippen LogP contribution in [-0.2, 0) is 20.9 Å². The zero-order valence-electron chi connectivity index (χ0n) is 17.6. The van der Waals surface area contributed by atoms with Gasteiger partial charge in [0.1, 0.15) is 12.6 Å². The molecule has 0 aromatic heterocycles. The average Bonchev–Trinajstić information content (AvgIpc) is 2.76. The zero-order chi connectivity index (χ0) is 21.8. The zero-order valence-corrected chi connectivity index (χ0v) is 17.6. The van der Waals surface area contributed by atoms with E-state index in [1.54, 1.807) is 12.1 Å². The van der Waals surface area contributed by atoms with Crippen molar-refractivity contribution in [3.63, 3.8) is 0 Å². The molecule has 0 radical (unpaired) electrons. The van der Waals surface area contributed by atoms with E-state index in [9.17, 15) is 14.4 Å². The molecule has 6 nitrogen and oxygen atoms in total. The summed E-state index contributed by atoms with van der Waals surface area (Å²) in [6, 6.07) is 15.5. The molecule has 0 aliphatic heterocycles. The summed E-state index contributed by atoms with van der Waals surface area (Å²) >= 11 is 0. The third kappa shape index (κ3) is 8.07. The maximum absolute atomic E-state index is 12.4. The molecule has 0 heterocycles. The van der Waals surface area contributed by atoms with Gasteiger partial charge in [0, 0.05) is 12.0 Å². The number of hydrogen-bond acceptors (Lipinski definition) is 5. The number of amides is 1. The van der Waals surface area contributed by atoms with Crippen molar-refractivity contribution in [2.75, 3.05) is 6.61 Å². The van der Waals surface area contributed by atoms with Gasteiger partial charge in [0.05, 0.1) is 6.61 Å². The molecule has 0 saturated heterocycles. The molecule has 30 heavy (non-hydrogen) atoms. The molecule has 0 aliphatic rings. The lowest BCUT2D eigenvalue weighted by atomic mass is 10.0. The van der Waals surface area contributed by atoms with Crippen LogP contribution in [0.2, 0.25) is 0 Å². The Morgan fingerprint density at radius 3 is 2.33 bits per heavy atom. The second kappa shape index (κ2) is 12.4. The molecule has 1 amide bonds. The van der Waals surface area contributed by atoms with Crippen LogP contribution in [0.3, 0.4) is 0 Å². The normalized spacial score (nSPS) is 11.4. The van der Waals surface area contributed by atoms with Gasteiger partial charge < -0.3 is 14.8 Å². The summed E-state index contributed by atoms with van der Waals surface area (Å²) in [5.74, 6) is -0.655. The third-order valence-corrected chi connectivity index (χ3v) is 4.57. The quantitative estimate of drug-likeness (QED) is 0.332. The first-order valence-corrected chi connectivity index (χ1v) is 10.2. The number of carbonyl (C=O) groups excluding carboxylic acids is 3. The Balaban J connectivity index is 1.93. The summed E-state index contributed by atoms with van der Waals surface area (Å²) < 4.78 is 10.4. The van der Waals surface area contributed by atoms with Gasteiger partial charge in [0.15, 0.2) is 5.78 Å². The summed E-state index contributed by atoms with van der Waals surface area (Å²) in [6.07, 6.45) is 1.14. The van der Waals surface area contributed by atoms with Gasteiger partial charge in [-0.3, -0.25) is 4.79 Å². The van der Waals surface area contributed by atoms with Crippen molar-refractivity contribution in [1.29, 1.82) is 0 Å². The molecule has 2 aromatic carbocycles. The fourth-order valence-corrected chi connectivity index (χ4v) is 2.73. The summed E-state index contributed by atoms with van der Waals surface area (Å²) in [6.45, 7) is 4.30. The van der Waals surface area contributed by atoms with Crippen LogP contribution in [0.5, 0.6) is 0 Å². The van der Waals surface area contributed by atoms with E-state index in [2.05, 4.69) is 5.32 Å². The molecule has 0 spiro atoms. The predicted octanol–water partition coefficient (Wildman–Crippen LogP) is 4.60. The first-order chi connectivity index (χ1) is 14.5. The highest BCUT2D eigenvalue weighted by Gasteiger charge is 2.24. The molecule has 2 aromatic rings. The Kier molecular flexibility index (Phi) is 9.58. The van der Waals surface area contributed by atoms with Crippen molar-refractivity contribution < 1.29 is 23.9 Å². The number of carbonyl (C=O) groups is 3. The minimum absolute atomic E-state index is 0.0899. The number of nitrogens with one attached hydrogen (secondary N) is 1. The second-order valence-corrected chi connectivity index (χ2v) is 7.11. The molecule has 160 valence electrons. The number of rotatable bonds is 11. The maximum atomic E-state index is 12.4. The topological polar surface area (TPSA) is 81.7 Å². The number of hydrogen-bond donors (Lipinski definition) is 1. The van der Waals surface area contributed by atoms with Crippen molar-refractivity contribution >= 4 is 17.8 Å². The van der Waals surface area contributed by atoms with E-state index >= 15 is 0 Å². The highest BCUT2D eigenvalue weighted by Crippen LogP contribution is 2.11. The van der Waals surface area contributed by atoms with Crippen LogP contribution in [0.1, 0.15) is 54.1 Å². The molecule has 2 rings (SSSR count). The second-order valence-electron chi connectivity index (χ2n) is 7.11. The number of benzene rings is 2. The number of Topliss-reactive ketones (excluding diaryl/α,β-unsaturated/α-hetero) is 1. The molecule has 0 saturated carbocycles. The number of ether oxygens (including phenoxy) is 2.